The van der Waals surface area contributed by atoms with E-state index in [0.29, 0.717) is 17.8 Å². The van der Waals surface area contributed by atoms with E-state index in [0.717, 1.165) is 27.6 Å². The predicted molar refractivity (Wildman–Crippen MR) is 140 cm³/mol. The van der Waals surface area contributed by atoms with Gasteiger partial charge in [0.05, 0.1) is 17.3 Å². The number of carbonyl (C=O) groups excluding carboxylic acids is 2. The van der Waals surface area contributed by atoms with E-state index in [4.69, 9.17) is 12.2 Å². The van der Waals surface area contributed by atoms with Crippen LogP contribution in [-0.2, 0) is 16.1 Å². The standard InChI is InChI=1S/C28H20N4O2S/c1-18-8-2-6-12-24(18)32-27(34)23(26(33)30-28(32)35)14-21-17-31(25-13-7-5-11-22(21)25)16-20-10-4-3-9-19(20)15-29/h2-14,17H,16H2,1H3,(H,30,33,35)/b23-14+. The molecule has 0 bridgehead atoms. The lowest BCUT2D eigenvalue weighted by molar-refractivity contribution is -0.122. The summed E-state index contributed by atoms with van der Waals surface area (Å²) in [6, 6.07) is 24.8. The van der Waals surface area contributed by atoms with E-state index in [-0.39, 0.29) is 10.7 Å². The number of nitrogens with one attached hydrogen (secondary N) is 1. The van der Waals surface area contributed by atoms with Crippen LogP contribution in [0.3, 0.4) is 0 Å². The van der Waals surface area contributed by atoms with Crippen LogP contribution in [0.5, 0.6) is 0 Å². The fourth-order valence-electron chi connectivity index (χ4n) is 4.32. The van der Waals surface area contributed by atoms with Gasteiger partial charge in [0.2, 0.25) is 0 Å². The molecule has 35 heavy (non-hydrogen) atoms. The summed E-state index contributed by atoms with van der Waals surface area (Å²) < 4.78 is 2.02. The Labute approximate surface area is 207 Å². The van der Waals surface area contributed by atoms with Crippen molar-refractivity contribution in [1.29, 1.82) is 5.26 Å². The number of amides is 2. The summed E-state index contributed by atoms with van der Waals surface area (Å²) in [7, 11) is 0. The van der Waals surface area contributed by atoms with Crippen LogP contribution in [0, 0.1) is 18.3 Å². The largest absolute Gasteiger partial charge is 0.342 e. The van der Waals surface area contributed by atoms with Gasteiger partial charge in [-0.3, -0.25) is 19.8 Å². The highest BCUT2D eigenvalue weighted by Gasteiger charge is 2.35. The highest BCUT2D eigenvalue weighted by atomic mass is 32.1. The van der Waals surface area contributed by atoms with Crippen molar-refractivity contribution in [3.8, 4) is 6.07 Å². The van der Waals surface area contributed by atoms with Crippen LogP contribution in [0.1, 0.15) is 22.3 Å². The minimum absolute atomic E-state index is 0.00202. The average molecular weight is 477 g/mol. The third-order valence-corrected chi connectivity index (χ3v) is 6.34. The summed E-state index contributed by atoms with van der Waals surface area (Å²) >= 11 is 5.33. The fraction of sp³-hybridized carbons (Fsp3) is 0.0714. The maximum Gasteiger partial charge on any atom is 0.270 e. The van der Waals surface area contributed by atoms with Crippen LogP contribution in [0.4, 0.5) is 5.69 Å². The summed E-state index contributed by atoms with van der Waals surface area (Å²) in [6.45, 7) is 2.37. The molecule has 7 heteroatoms. The van der Waals surface area contributed by atoms with Crippen molar-refractivity contribution < 1.29 is 9.59 Å². The Balaban J connectivity index is 1.59. The first kappa shape index (κ1) is 22.3. The number of anilines is 1. The van der Waals surface area contributed by atoms with Crippen molar-refractivity contribution in [2.45, 2.75) is 13.5 Å². The lowest BCUT2D eigenvalue weighted by Gasteiger charge is -2.29. The molecule has 2 heterocycles. The van der Waals surface area contributed by atoms with Crippen molar-refractivity contribution in [1.82, 2.24) is 9.88 Å². The number of aryl methyl sites for hydroxylation is 1. The first-order valence-electron chi connectivity index (χ1n) is 11.0. The zero-order valence-corrected chi connectivity index (χ0v) is 19.7. The van der Waals surface area contributed by atoms with Gasteiger partial charge in [0.25, 0.3) is 11.8 Å². The number of nitrogens with zero attached hydrogens (tertiary/aromatic N) is 3. The molecular formula is C28H20N4O2S. The third kappa shape index (κ3) is 4.01. The molecule has 1 N–H and O–H groups in total. The van der Waals surface area contributed by atoms with Gasteiger partial charge in [0.1, 0.15) is 5.57 Å². The lowest BCUT2D eigenvalue weighted by Crippen LogP contribution is -2.54. The molecule has 2 amide bonds. The van der Waals surface area contributed by atoms with E-state index in [9.17, 15) is 14.9 Å². The van der Waals surface area contributed by atoms with Crippen LogP contribution < -0.4 is 10.2 Å². The molecule has 5 rings (SSSR count). The second-order valence-corrected chi connectivity index (χ2v) is 8.63. The van der Waals surface area contributed by atoms with Crippen molar-refractivity contribution in [2.24, 2.45) is 0 Å². The van der Waals surface area contributed by atoms with E-state index in [1.807, 2.05) is 78.4 Å². The quantitative estimate of drug-likeness (QED) is 0.263. The van der Waals surface area contributed by atoms with Crippen LogP contribution in [0.25, 0.3) is 17.0 Å². The molecule has 1 fully saturated rings. The third-order valence-electron chi connectivity index (χ3n) is 6.06. The number of rotatable bonds is 4. The van der Waals surface area contributed by atoms with E-state index in [2.05, 4.69) is 11.4 Å². The molecule has 0 aliphatic carbocycles. The molecule has 0 radical (unpaired) electrons. The number of para-hydroxylation sites is 2. The topological polar surface area (TPSA) is 78.1 Å². The van der Waals surface area contributed by atoms with Gasteiger partial charge in [0, 0.05) is 29.2 Å². The smallest absolute Gasteiger partial charge is 0.270 e. The summed E-state index contributed by atoms with van der Waals surface area (Å²) in [5.74, 6) is -1.00. The molecule has 6 nitrogen and oxygen atoms in total. The lowest BCUT2D eigenvalue weighted by atomic mass is 10.1. The number of nitriles is 1. The van der Waals surface area contributed by atoms with Gasteiger partial charge in [-0.25, -0.2) is 0 Å². The van der Waals surface area contributed by atoms with Crippen LogP contribution >= 0.6 is 12.2 Å². The van der Waals surface area contributed by atoms with Gasteiger partial charge >= 0.3 is 0 Å². The molecule has 4 aromatic rings. The number of thiocarbonyl (C=S) groups is 1. The molecule has 170 valence electrons. The monoisotopic (exact) mass is 476 g/mol. The number of hydrogen-bond donors (Lipinski definition) is 1. The Hall–Kier alpha value is -4.54. The second-order valence-electron chi connectivity index (χ2n) is 8.24. The highest BCUT2D eigenvalue weighted by molar-refractivity contribution is 7.80. The van der Waals surface area contributed by atoms with Gasteiger partial charge in [-0.15, -0.1) is 0 Å². The van der Waals surface area contributed by atoms with Crippen LogP contribution in [-0.4, -0.2) is 21.5 Å². The Morgan fingerprint density at radius 3 is 2.51 bits per heavy atom. The first-order valence-corrected chi connectivity index (χ1v) is 11.4. The normalized spacial score (nSPS) is 14.9. The van der Waals surface area contributed by atoms with E-state index in [1.165, 1.54) is 4.90 Å². The summed E-state index contributed by atoms with van der Waals surface area (Å²) in [4.78, 5) is 27.7. The number of hydrogen-bond acceptors (Lipinski definition) is 4. The molecule has 0 unspecified atom stereocenters. The molecule has 0 spiro atoms. The summed E-state index contributed by atoms with van der Waals surface area (Å²) in [5, 5.41) is 13.1. The zero-order chi connectivity index (χ0) is 24.5. The number of carbonyl (C=O) groups is 2. The zero-order valence-electron chi connectivity index (χ0n) is 18.9. The van der Waals surface area contributed by atoms with Crippen molar-refractivity contribution in [2.75, 3.05) is 4.90 Å². The first-order chi connectivity index (χ1) is 17.0. The molecule has 1 aliphatic heterocycles. The van der Waals surface area contributed by atoms with Crippen molar-refractivity contribution >= 4 is 51.8 Å². The summed E-state index contributed by atoms with van der Waals surface area (Å²) in [6.07, 6.45) is 3.51. The Morgan fingerprint density at radius 2 is 1.71 bits per heavy atom. The number of benzene rings is 3. The Morgan fingerprint density at radius 1 is 1.00 bits per heavy atom. The fourth-order valence-corrected chi connectivity index (χ4v) is 4.59. The Kier molecular flexibility index (Phi) is 5.73. The second kappa shape index (κ2) is 9.01. The SMILES string of the molecule is Cc1ccccc1N1C(=O)/C(=C/c2cn(Cc3ccccc3C#N)c3ccccc23)C(=O)NC1=S. The van der Waals surface area contributed by atoms with Gasteiger partial charge in [-0.1, -0.05) is 54.6 Å². The van der Waals surface area contributed by atoms with Gasteiger partial charge in [-0.2, -0.15) is 5.26 Å². The number of fused-ring (bicyclic) bond motifs is 1. The van der Waals surface area contributed by atoms with E-state index < -0.39 is 11.8 Å². The number of aromatic nitrogens is 1. The molecule has 1 aromatic heterocycles. The average Bonchev–Trinajstić information content (AvgIpc) is 3.20. The minimum atomic E-state index is -0.531. The van der Waals surface area contributed by atoms with Crippen LogP contribution in [0.2, 0.25) is 0 Å². The Bertz CT molecular complexity index is 1590. The maximum absolute atomic E-state index is 13.5. The van der Waals surface area contributed by atoms with E-state index in [1.54, 1.807) is 18.2 Å². The van der Waals surface area contributed by atoms with Gasteiger partial charge < -0.3 is 4.57 Å². The summed E-state index contributed by atoms with van der Waals surface area (Å²) in [5.41, 5.74) is 4.65. The van der Waals surface area contributed by atoms with Crippen molar-refractivity contribution in [3.63, 3.8) is 0 Å². The van der Waals surface area contributed by atoms with E-state index >= 15 is 0 Å². The van der Waals surface area contributed by atoms with Crippen LogP contribution in [0.15, 0.2) is 84.6 Å². The molecule has 0 saturated carbocycles. The van der Waals surface area contributed by atoms with Gasteiger partial charge in [-0.05, 0) is 54.5 Å². The van der Waals surface area contributed by atoms with Gasteiger partial charge in [0.15, 0.2) is 5.11 Å². The molecular weight excluding hydrogens is 456 g/mol. The minimum Gasteiger partial charge on any atom is -0.342 e. The highest BCUT2D eigenvalue weighted by Crippen LogP contribution is 2.28. The maximum atomic E-state index is 13.5. The van der Waals surface area contributed by atoms with Crippen molar-refractivity contribution in [3.05, 3.63) is 107 Å². The molecule has 1 saturated heterocycles. The molecule has 0 atom stereocenters. The molecule has 3 aromatic carbocycles. The molecule has 1 aliphatic rings. The predicted octanol–water partition coefficient (Wildman–Crippen LogP) is 4.70.